The summed E-state index contributed by atoms with van der Waals surface area (Å²) in [7, 11) is 3.60. The van der Waals surface area contributed by atoms with E-state index in [0.29, 0.717) is 12.0 Å². The van der Waals surface area contributed by atoms with Gasteiger partial charge in [-0.15, -0.1) is 0 Å². The minimum Gasteiger partial charge on any atom is -0.497 e. The monoisotopic (exact) mass is 318 g/mol. The smallest absolute Gasteiger partial charge is 0.118 e. The molecule has 0 amide bonds. The summed E-state index contributed by atoms with van der Waals surface area (Å²) < 4.78 is 11.0. The van der Waals surface area contributed by atoms with Crippen LogP contribution in [0.4, 0.5) is 0 Å². The maximum Gasteiger partial charge on any atom is 0.118 e. The van der Waals surface area contributed by atoms with Gasteiger partial charge in [0.05, 0.1) is 13.2 Å². The van der Waals surface area contributed by atoms with Gasteiger partial charge >= 0.3 is 0 Å². The summed E-state index contributed by atoms with van der Waals surface area (Å²) in [6.07, 6.45) is 12.6. The molecule has 2 rings (SSSR count). The average Bonchev–Trinajstić information content (AvgIpc) is 2.56. The number of unbranched alkanes of at least 4 members (excludes halogenated alkanes) is 5. The molecule has 1 saturated carbocycles. The lowest BCUT2D eigenvalue weighted by Crippen LogP contribution is -2.44. The molecule has 2 nitrogen and oxygen atoms in total. The van der Waals surface area contributed by atoms with Crippen molar-refractivity contribution in [2.24, 2.45) is 11.8 Å². The molecule has 0 radical (unpaired) electrons. The van der Waals surface area contributed by atoms with E-state index < -0.39 is 0 Å². The molecule has 1 aromatic carbocycles. The van der Waals surface area contributed by atoms with Crippen molar-refractivity contribution >= 4 is 0 Å². The van der Waals surface area contributed by atoms with Gasteiger partial charge in [-0.2, -0.15) is 0 Å². The molecule has 1 aromatic rings. The maximum atomic E-state index is 5.80. The van der Waals surface area contributed by atoms with Crippen LogP contribution < -0.4 is 4.74 Å². The number of hydrogen-bond acceptors (Lipinski definition) is 2. The second-order valence-corrected chi connectivity index (χ2v) is 7.06. The Bertz CT molecular complexity index is 426. The van der Waals surface area contributed by atoms with E-state index in [0.717, 1.165) is 18.1 Å². The van der Waals surface area contributed by atoms with Crippen molar-refractivity contribution in [2.45, 2.75) is 70.8 Å². The Labute approximate surface area is 142 Å². The fourth-order valence-electron chi connectivity index (χ4n) is 3.96. The predicted molar refractivity (Wildman–Crippen MR) is 97.1 cm³/mol. The van der Waals surface area contributed by atoms with Crippen LogP contribution in [0, 0.1) is 11.8 Å². The summed E-state index contributed by atoms with van der Waals surface area (Å²) in [4.78, 5) is 0. The minimum absolute atomic E-state index is 0.466. The third-order valence-corrected chi connectivity index (χ3v) is 5.39. The molecule has 0 heterocycles. The van der Waals surface area contributed by atoms with Gasteiger partial charge in [-0.05, 0) is 48.8 Å². The van der Waals surface area contributed by atoms with E-state index in [9.17, 15) is 0 Å². The topological polar surface area (TPSA) is 18.5 Å². The summed E-state index contributed by atoms with van der Waals surface area (Å²) in [5.74, 6) is 2.42. The van der Waals surface area contributed by atoms with E-state index in [4.69, 9.17) is 9.47 Å². The van der Waals surface area contributed by atoms with Gasteiger partial charge in [-0.25, -0.2) is 0 Å². The second-order valence-electron chi connectivity index (χ2n) is 7.06. The highest BCUT2D eigenvalue weighted by Crippen LogP contribution is 2.41. The van der Waals surface area contributed by atoms with E-state index in [1.807, 2.05) is 7.11 Å². The first kappa shape index (κ1) is 18.3. The molecular weight excluding hydrogens is 284 g/mol. The third kappa shape index (κ3) is 5.53. The van der Waals surface area contributed by atoms with Gasteiger partial charge in [0.2, 0.25) is 0 Å². The van der Waals surface area contributed by atoms with Crippen LogP contribution in [0.5, 0.6) is 5.75 Å². The first-order valence-electron chi connectivity index (χ1n) is 9.44. The minimum atomic E-state index is 0.466. The molecule has 0 aromatic heterocycles. The van der Waals surface area contributed by atoms with Crippen molar-refractivity contribution in [2.75, 3.05) is 14.2 Å². The quantitative estimate of drug-likeness (QED) is 0.492. The molecule has 0 N–H and O–H groups in total. The maximum absolute atomic E-state index is 5.80. The van der Waals surface area contributed by atoms with Crippen LogP contribution in [0.3, 0.4) is 0 Å². The molecule has 2 unspecified atom stereocenters. The van der Waals surface area contributed by atoms with Crippen molar-refractivity contribution in [3.63, 3.8) is 0 Å². The number of rotatable bonds is 11. The number of hydrogen-bond donors (Lipinski definition) is 0. The molecule has 1 fully saturated rings. The zero-order valence-corrected chi connectivity index (χ0v) is 15.2. The molecule has 1 aliphatic rings. The summed E-state index contributed by atoms with van der Waals surface area (Å²) in [5.41, 5.74) is 1.40. The largest absolute Gasteiger partial charge is 0.497 e. The fraction of sp³-hybridized carbons (Fsp3) is 0.714. The summed E-state index contributed by atoms with van der Waals surface area (Å²) in [5, 5.41) is 0. The van der Waals surface area contributed by atoms with E-state index in [-0.39, 0.29) is 0 Å². The number of benzene rings is 1. The third-order valence-electron chi connectivity index (χ3n) is 5.39. The van der Waals surface area contributed by atoms with E-state index in [1.54, 1.807) is 7.11 Å². The Hall–Kier alpha value is -1.02. The first-order valence-corrected chi connectivity index (χ1v) is 9.44. The molecule has 0 bridgehead atoms. The van der Waals surface area contributed by atoms with Gasteiger partial charge in [0.15, 0.2) is 0 Å². The highest BCUT2D eigenvalue weighted by Gasteiger charge is 2.40. The Balaban J connectivity index is 1.67. The van der Waals surface area contributed by atoms with Crippen LogP contribution in [-0.2, 0) is 11.2 Å². The molecule has 3 atom stereocenters. The summed E-state index contributed by atoms with van der Waals surface area (Å²) in [6, 6.07) is 8.49. The first-order chi connectivity index (χ1) is 11.3. The SMILES string of the molecule is CCCCCCCCC1C[C@H](Cc2ccc(OC)cc2)C1OC. The second kappa shape index (κ2) is 9.97. The Kier molecular flexibility index (Phi) is 7.94. The molecule has 130 valence electrons. The van der Waals surface area contributed by atoms with Gasteiger partial charge in [-0.3, -0.25) is 0 Å². The van der Waals surface area contributed by atoms with Gasteiger partial charge in [0.25, 0.3) is 0 Å². The fourth-order valence-corrected chi connectivity index (χ4v) is 3.96. The van der Waals surface area contributed by atoms with Crippen molar-refractivity contribution in [3.8, 4) is 5.75 Å². The lowest BCUT2D eigenvalue weighted by Gasteiger charge is -2.44. The Morgan fingerprint density at radius 3 is 2.26 bits per heavy atom. The number of ether oxygens (including phenoxy) is 2. The van der Waals surface area contributed by atoms with Crippen LogP contribution in [-0.4, -0.2) is 20.3 Å². The van der Waals surface area contributed by atoms with Gasteiger partial charge in [0.1, 0.15) is 5.75 Å². The van der Waals surface area contributed by atoms with Crippen LogP contribution in [0.25, 0.3) is 0 Å². The zero-order valence-electron chi connectivity index (χ0n) is 15.2. The lowest BCUT2D eigenvalue weighted by atomic mass is 9.67. The average molecular weight is 319 g/mol. The molecule has 23 heavy (non-hydrogen) atoms. The van der Waals surface area contributed by atoms with E-state index in [1.165, 1.54) is 56.9 Å². The molecular formula is C21H34O2. The van der Waals surface area contributed by atoms with Gasteiger partial charge in [0, 0.05) is 7.11 Å². The molecule has 0 aliphatic heterocycles. The van der Waals surface area contributed by atoms with Crippen molar-refractivity contribution < 1.29 is 9.47 Å². The standard InChI is InChI=1S/C21H34O2/c1-4-5-6-7-8-9-10-18-16-19(21(18)23-3)15-17-11-13-20(22-2)14-12-17/h11-14,18-19,21H,4-10,15-16H2,1-3H3/t18?,19-,21?/m0/s1. The summed E-state index contributed by atoms with van der Waals surface area (Å²) >= 11 is 0. The van der Waals surface area contributed by atoms with Crippen molar-refractivity contribution in [3.05, 3.63) is 29.8 Å². The summed E-state index contributed by atoms with van der Waals surface area (Å²) in [6.45, 7) is 2.28. The predicted octanol–water partition coefficient (Wildman–Crippen LogP) is 5.64. The van der Waals surface area contributed by atoms with Crippen LogP contribution in [0.1, 0.15) is 63.9 Å². The van der Waals surface area contributed by atoms with E-state index >= 15 is 0 Å². The highest BCUT2D eigenvalue weighted by atomic mass is 16.5. The normalized spacial score (nSPS) is 23.5. The van der Waals surface area contributed by atoms with Crippen LogP contribution in [0.2, 0.25) is 0 Å². The molecule has 0 saturated heterocycles. The van der Waals surface area contributed by atoms with Crippen molar-refractivity contribution in [1.29, 1.82) is 0 Å². The van der Waals surface area contributed by atoms with Crippen LogP contribution in [0.15, 0.2) is 24.3 Å². The highest BCUT2D eigenvalue weighted by molar-refractivity contribution is 5.27. The Morgan fingerprint density at radius 2 is 1.61 bits per heavy atom. The molecule has 1 aliphatic carbocycles. The van der Waals surface area contributed by atoms with E-state index in [2.05, 4.69) is 31.2 Å². The molecule has 0 spiro atoms. The van der Waals surface area contributed by atoms with Crippen molar-refractivity contribution in [1.82, 2.24) is 0 Å². The molecule has 2 heteroatoms. The number of methoxy groups -OCH3 is 2. The van der Waals surface area contributed by atoms with Gasteiger partial charge < -0.3 is 9.47 Å². The lowest BCUT2D eigenvalue weighted by molar-refractivity contribution is -0.0753. The Morgan fingerprint density at radius 1 is 0.913 bits per heavy atom. The van der Waals surface area contributed by atoms with Crippen LogP contribution >= 0.6 is 0 Å². The zero-order chi connectivity index (χ0) is 16.5. The van der Waals surface area contributed by atoms with Gasteiger partial charge in [-0.1, -0.05) is 57.6 Å².